The van der Waals surface area contributed by atoms with Crippen molar-refractivity contribution < 1.29 is 18.3 Å². The predicted molar refractivity (Wildman–Crippen MR) is 70.9 cm³/mol. The molecule has 0 aliphatic carbocycles. The standard InChI is InChI=1S/C13H18ClF2NO2/c1-13(2,8-18-3)17-7-9-6-10(14)4-5-11(9)19-12(15)16/h4-6,12,17H,7-8H2,1-3H3. The fourth-order valence-electron chi connectivity index (χ4n) is 1.64. The Hall–Kier alpha value is -0.910. The van der Waals surface area contributed by atoms with E-state index in [9.17, 15) is 8.78 Å². The minimum Gasteiger partial charge on any atom is -0.434 e. The van der Waals surface area contributed by atoms with Crippen LogP contribution < -0.4 is 10.1 Å². The van der Waals surface area contributed by atoms with E-state index in [1.54, 1.807) is 13.2 Å². The zero-order valence-corrected chi connectivity index (χ0v) is 11.9. The predicted octanol–water partition coefficient (Wildman–Crippen LogP) is 3.46. The van der Waals surface area contributed by atoms with Crippen LogP contribution in [0.25, 0.3) is 0 Å². The van der Waals surface area contributed by atoms with Gasteiger partial charge in [-0.25, -0.2) is 0 Å². The first-order chi connectivity index (χ1) is 8.84. The van der Waals surface area contributed by atoms with Gasteiger partial charge in [0.15, 0.2) is 0 Å². The normalized spacial score (nSPS) is 11.9. The van der Waals surface area contributed by atoms with Crippen molar-refractivity contribution in [1.29, 1.82) is 0 Å². The Morgan fingerprint density at radius 1 is 1.37 bits per heavy atom. The highest BCUT2D eigenvalue weighted by molar-refractivity contribution is 6.30. The number of nitrogens with one attached hydrogen (secondary N) is 1. The Kier molecular flexibility index (Phi) is 5.97. The largest absolute Gasteiger partial charge is 0.434 e. The number of rotatable bonds is 7. The first-order valence-corrected chi connectivity index (χ1v) is 6.19. The summed E-state index contributed by atoms with van der Waals surface area (Å²) in [7, 11) is 1.61. The molecule has 0 unspecified atom stereocenters. The third-order valence-corrected chi connectivity index (χ3v) is 2.74. The van der Waals surface area contributed by atoms with E-state index in [0.717, 1.165) is 0 Å². The summed E-state index contributed by atoms with van der Waals surface area (Å²) in [6.07, 6.45) is 0. The van der Waals surface area contributed by atoms with Gasteiger partial charge in [0.2, 0.25) is 0 Å². The zero-order valence-electron chi connectivity index (χ0n) is 11.2. The number of benzene rings is 1. The molecule has 6 heteroatoms. The molecule has 1 rings (SSSR count). The smallest absolute Gasteiger partial charge is 0.387 e. The first-order valence-electron chi connectivity index (χ1n) is 5.81. The van der Waals surface area contributed by atoms with Crippen LogP contribution >= 0.6 is 11.6 Å². The van der Waals surface area contributed by atoms with Gasteiger partial charge in [0.25, 0.3) is 0 Å². The van der Waals surface area contributed by atoms with Crippen molar-refractivity contribution in [2.75, 3.05) is 13.7 Å². The molecular weight excluding hydrogens is 276 g/mol. The molecule has 0 amide bonds. The zero-order chi connectivity index (χ0) is 14.5. The fraction of sp³-hybridized carbons (Fsp3) is 0.538. The van der Waals surface area contributed by atoms with E-state index in [2.05, 4.69) is 10.1 Å². The number of methoxy groups -OCH3 is 1. The third kappa shape index (κ3) is 5.72. The van der Waals surface area contributed by atoms with Crippen LogP contribution in [-0.4, -0.2) is 25.9 Å². The molecule has 0 bridgehead atoms. The summed E-state index contributed by atoms with van der Waals surface area (Å²) in [5, 5.41) is 3.68. The molecule has 0 heterocycles. The molecule has 0 fully saturated rings. The van der Waals surface area contributed by atoms with Crippen molar-refractivity contribution in [2.45, 2.75) is 32.5 Å². The second kappa shape index (κ2) is 7.03. The molecular formula is C13H18ClF2NO2. The number of hydrogen-bond acceptors (Lipinski definition) is 3. The van der Waals surface area contributed by atoms with Crippen molar-refractivity contribution in [1.82, 2.24) is 5.32 Å². The van der Waals surface area contributed by atoms with Gasteiger partial charge in [-0.15, -0.1) is 0 Å². The van der Waals surface area contributed by atoms with Gasteiger partial charge in [0, 0.05) is 29.8 Å². The highest BCUT2D eigenvalue weighted by atomic mass is 35.5. The summed E-state index contributed by atoms with van der Waals surface area (Å²) in [6, 6.07) is 4.56. The van der Waals surface area contributed by atoms with Crippen molar-refractivity contribution in [3.8, 4) is 5.75 Å². The van der Waals surface area contributed by atoms with Gasteiger partial charge in [-0.3, -0.25) is 0 Å². The summed E-state index contributed by atoms with van der Waals surface area (Å²) in [5.74, 6) is 0.125. The van der Waals surface area contributed by atoms with Gasteiger partial charge < -0.3 is 14.8 Å². The van der Waals surface area contributed by atoms with E-state index in [4.69, 9.17) is 16.3 Å². The Morgan fingerprint density at radius 3 is 2.63 bits per heavy atom. The van der Waals surface area contributed by atoms with Gasteiger partial charge in [-0.1, -0.05) is 11.6 Å². The average molecular weight is 294 g/mol. The Morgan fingerprint density at radius 2 is 2.05 bits per heavy atom. The van der Waals surface area contributed by atoms with Crippen molar-refractivity contribution >= 4 is 11.6 Å². The monoisotopic (exact) mass is 293 g/mol. The first kappa shape index (κ1) is 16.1. The van der Waals surface area contributed by atoms with Crippen molar-refractivity contribution in [3.05, 3.63) is 28.8 Å². The average Bonchev–Trinajstić information content (AvgIpc) is 2.29. The highest BCUT2D eigenvalue weighted by Gasteiger charge is 2.18. The van der Waals surface area contributed by atoms with Gasteiger partial charge in [-0.2, -0.15) is 8.78 Å². The van der Waals surface area contributed by atoms with Crippen LogP contribution in [0, 0.1) is 0 Å². The minimum atomic E-state index is -2.85. The Bertz CT molecular complexity index is 414. The molecule has 3 nitrogen and oxygen atoms in total. The molecule has 1 N–H and O–H groups in total. The fourth-order valence-corrected chi connectivity index (χ4v) is 1.84. The van der Waals surface area contributed by atoms with Crippen LogP contribution in [-0.2, 0) is 11.3 Å². The second-order valence-corrected chi connectivity index (χ2v) is 5.24. The molecule has 0 atom stereocenters. The topological polar surface area (TPSA) is 30.5 Å². The van der Waals surface area contributed by atoms with Crippen LogP contribution in [0.2, 0.25) is 5.02 Å². The van der Waals surface area contributed by atoms with E-state index in [0.29, 0.717) is 23.7 Å². The molecule has 0 aromatic heterocycles. The maximum atomic E-state index is 12.3. The summed E-state index contributed by atoms with van der Waals surface area (Å²) in [6.45, 7) is 1.91. The maximum Gasteiger partial charge on any atom is 0.387 e. The summed E-state index contributed by atoms with van der Waals surface area (Å²) in [5.41, 5.74) is 0.302. The summed E-state index contributed by atoms with van der Waals surface area (Å²) >= 11 is 5.87. The van der Waals surface area contributed by atoms with Crippen molar-refractivity contribution in [2.24, 2.45) is 0 Å². The lowest BCUT2D eigenvalue weighted by Crippen LogP contribution is -2.42. The molecule has 0 aliphatic heterocycles. The molecule has 1 aromatic carbocycles. The van der Waals surface area contributed by atoms with E-state index >= 15 is 0 Å². The van der Waals surface area contributed by atoms with Gasteiger partial charge >= 0.3 is 6.61 Å². The minimum absolute atomic E-state index is 0.125. The molecule has 0 radical (unpaired) electrons. The van der Waals surface area contributed by atoms with Gasteiger partial charge in [0.1, 0.15) is 5.75 Å². The van der Waals surface area contributed by atoms with Gasteiger partial charge in [-0.05, 0) is 32.0 Å². The molecule has 108 valence electrons. The number of ether oxygens (including phenoxy) is 2. The molecule has 19 heavy (non-hydrogen) atoms. The number of alkyl halides is 2. The lowest BCUT2D eigenvalue weighted by atomic mass is 10.1. The molecule has 0 spiro atoms. The van der Waals surface area contributed by atoms with Crippen LogP contribution in [0.3, 0.4) is 0 Å². The second-order valence-electron chi connectivity index (χ2n) is 4.80. The van der Waals surface area contributed by atoms with Gasteiger partial charge in [0.05, 0.1) is 6.61 Å². The number of halogens is 3. The molecule has 1 aromatic rings. The van der Waals surface area contributed by atoms with E-state index in [1.165, 1.54) is 12.1 Å². The molecule has 0 saturated heterocycles. The lowest BCUT2D eigenvalue weighted by Gasteiger charge is -2.26. The highest BCUT2D eigenvalue weighted by Crippen LogP contribution is 2.25. The Labute approximate surface area is 116 Å². The summed E-state index contributed by atoms with van der Waals surface area (Å²) < 4.78 is 34.1. The van der Waals surface area contributed by atoms with E-state index in [1.807, 2.05) is 13.8 Å². The van der Waals surface area contributed by atoms with E-state index < -0.39 is 6.61 Å². The van der Waals surface area contributed by atoms with Crippen molar-refractivity contribution in [3.63, 3.8) is 0 Å². The third-order valence-electron chi connectivity index (χ3n) is 2.50. The van der Waals surface area contributed by atoms with Crippen LogP contribution in [0.5, 0.6) is 5.75 Å². The Balaban J connectivity index is 2.78. The van der Waals surface area contributed by atoms with Crippen LogP contribution in [0.4, 0.5) is 8.78 Å². The van der Waals surface area contributed by atoms with Crippen LogP contribution in [0.15, 0.2) is 18.2 Å². The number of hydrogen-bond donors (Lipinski definition) is 1. The SMILES string of the molecule is COCC(C)(C)NCc1cc(Cl)ccc1OC(F)F. The quantitative estimate of drug-likeness (QED) is 0.835. The maximum absolute atomic E-state index is 12.3. The lowest BCUT2D eigenvalue weighted by molar-refractivity contribution is -0.0505. The molecule has 0 aliphatic rings. The summed E-state index contributed by atoms with van der Waals surface area (Å²) in [4.78, 5) is 0. The molecule has 0 saturated carbocycles. The van der Waals surface area contributed by atoms with E-state index in [-0.39, 0.29) is 11.3 Å². The van der Waals surface area contributed by atoms with Crippen LogP contribution in [0.1, 0.15) is 19.4 Å².